The van der Waals surface area contributed by atoms with Crippen LogP contribution in [0.25, 0.3) is 0 Å². The molecule has 7 heteroatoms. The molecule has 2 bridgehead atoms. The number of rotatable bonds is 3. The van der Waals surface area contributed by atoms with Crippen LogP contribution >= 0.6 is 0 Å². The molecule has 3 aliphatic heterocycles. The topological polar surface area (TPSA) is 67.9 Å². The largest absolute Gasteiger partial charge is 0.492 e. The smallest absolute Gasteiger partial charge is 0.214 e. The van der Waals surface area contributed by atoms with Crippen molar-refractivity contribution in [3.05, 3.63) is 29.8 Å². The highest BCUT2D eigenvalue weighted by molar-refractivity contribution is 7.90. The lowest BCUT2D eigenvalue weighted by Gasteiger charge is -2.42. The standard InChI is InChI=1S/C23H36N2O4S/c1-17(2)30(26,27)24-21-7-5-13-25-14-15-28-23-8-4-3-6-20(23)18-9-11-19(12-10-18)29-16-22(21)25/h3-4,6,8,17-19,21-22,24H,5,7,9-16H2,1-2H3/t18?,19?,21?,22-/m0/s1. The van der Waals surface area contributed by atoms with Crippen molar-refractivity contribution in [1.29, 1.82) is 0 Å². The van der Waals surface area contributed by atoms with E-state index in [0.717, 1.165) is 57.4 Å². The zero-order valence-electron chi connectivity index (χ0n) is 18.3. The van der Waals surface area contributed by atoms with Crippen molar-refractivity contribution in [1.82, 2.24) is 9.62 Å². The van der Waals surface area contributed by atoms with Gasteiger partial charge in [-0.25, -0.2) is 13.1 Å². The molecule has 0 radical (unpaired) electrons. The van der Waals surface area contributed by atoms with E-state index in [1.165, 1.54) is 5.56 Å². The number of nitrogens with one attached hydrogen (secondary N) is 1. The molecule has 0 spiro atoms. The summed E-state index contributed by atoms with van der Waals surface area (Å²) in [5.41, 5.74) is 1.33. The predicted molar refractivity (Wildman–Crippen MR) is 118 cm³/mol. The van der Waals surface area contributed by atoms with E-state index in [4.69, 9.17) is 9.47 Å². The van der Waals surface area contributed by atoms with Crippen molar-refractivity contribution in [2.45, 2.75) is 81.7 Å². The summed E-state index contributed by atoms with van der Waals surface area (Å²) >= 11 is 0. The van der Waals surface area contributed by atoms with Crippen LogP contribution in [-0.4, -0.2) is 63.1 Å². The molecule has 0 amide bonds. The molecule has 1 aliphatic carbocycles. The Morgan fingerprint density at radius 3 is 2.60 bits per heavy atom. The highest BCUT2D eigenvalue weighted by Gasteiger charge is 2.36. The average molecular weight is 437 g/mol. The fourth-order valence-electron chi connectivity index (χ4n) is 5.11. The average Bonchev–Trinajstić information content (AvgIpc) is 2.75. The molecular formula is C23H36N2O4S. The molecule has 0 aromatic heterocycles. The Hall–Kier alpha value is -1.15. The van der Waals surface area contributed by atoms with Gasteiger partial charge in [0.05, 0.1) is 18.0 Å². The van der Waals surface area contributed by atoms with Gasteiger partial charge in [-0.3, -0.25) is 4.90 Å². The van der Waals surface area contributed by atoms with Crippen molar-refractivity contribution in [2.75, 3.05) is 26.3 Å². The molecule has 30 heavy (non-hydrogen) atoms. The minimum Gasteiger partial charge on any atom is -0.492 e. The third-order valence-electron chi connectivity index (χ3n) is 7.00. The summed E-state index contributed by atoms with van der Waals surface area (Å²) in [4.78, 5) is 2.37. The minimum absolute atomic E-state index is 0.0459. The van der Waals surface area contributed by atoms with Gasteiger partial charge in [-0.05, 0) is 76.5 Å². The molecule has 1 saturated heterocycles. The molecule has 1 aromatic carbocycles. The number of sulfonamides is 1. The van der Waals surface area contributed by atoms with Crippen LogP contribution in [0.1, 0.15) is 63.9 Å². The van der Waals surface area contributed by atoms with E-state index in [2.05, 4.69) is 27.8 Å². The van der Waals surface area contributed by atoms with Crippen LogP contribution in [0.5, 0.6) is 5.75 Å². The lowest BCUT2D eigenvalue weighted by molar-refractivity contribution is -0.0284. The summed E-state index contributed by atoms with van der Waals surface area (Å²) < 4.78 is 40.8. The van der Waals surface area contributed by atoms with Crippen molar-refractivity contribution in [3.8, 4) is 5.75 Å². The SMILES string of the molecule is CC(C)S(=O)(=O)NC1CCCN2CCOc3ccccc3C3CCC(CC3)OC[C@@H]12. The van der Waals surface area contributed by atoms with Crippen LogP contribution in [0.15, 0.2) is 24.3 Å². The number of benzene rings is 1. The van der Waals surface area contributed by atoms with Crippen LogP contribution in [0.4, 0.5) is 0 Å². The molecule has 1 N–H and O–H groups in total. The second-order valence-electron chi connectivity index (χ2n) is 9.26. The maximum Gasteiger partial charge on any atom is 0.214 e. The van der Waals surface area contributed by atoms with E-state index in [1.807, 2.05) is 6.07 Å². The van der Waals surface area contributed by atoms with Crippen LogP contribution in [0.2, 0.25) is 0 Å². The lowest BCUT2D eigenvalue weighted by atomic mass is 9.82. The number of nitrogens with zero attached hydrogens (tertiary/aromatic N) is 1. The zero-order chi connectivity index (χ0) is 21.1. The van der Waals surface area contributed by atoms with Gasteiger partial charge in [0.25, 0.3) is 0 Å². The molecular weight excluding hydrogens is 400 g/mol. The third-order valence-corrected chi connectivity index (χ3v) is 8.87. The molecule has 6 nitrogen and oxygen atoms in total. The van der Waals surface area contributed by atoms with E-state index in [9.17, 15) is 8.42 Å². The summed E-state index contributed by atoms with van der Waals surface area (Å²) in [6.45, 7) is 6.37. The van der Waals surface area contributed by atoms with Crippen LogP contribution < -0.4 is 9.46 Å². The predicted octanol–water partition coefficient (Wildman–Crippen LogP) is 3.28. The number of hydrogen-bond donors (Lipinski definition) is 1. The van der Waals surface area contributed by atoms with E-state index in [0.29, 0.717) is 19.1 Å². The van der Waals surface area contributed by atoms with Gasteiger partial charge in [0.15, 0.2) is 0 Å². The van der Waals surface area contributed by atoms with E-state index in [1.54, 1.807) is 13.8 Å². The Bertz CT molecular complexity index is 805. The molecule has 2 fully saturated rings. The van der Waals surface area contributed by atoms with Gasteiger partial charge < -0.3 is 9.47 Å². The Labute approximate surface area is 181 Å². The molecule has 5 rings (SSSR count). The molecule has 1 saturated carbocycles. The highest BCUT2D eigenvalue weighted by atomic mass is 32.2. The molecule has 4 aliphatic rings. The molecule has 1 unspecified atom stereocenters. The van der Waals surface area contributed by atoms with Gasteiger partial charge in [0.1, 0.15) is 12.4 Å². The fraction of sp³-hybridized carbons (Fsp3) is 0.739. The summed E-state index contributed by atoms with van der Waals surface area (Å²) in [7, 11) is -3.32. The Morgan fingerprint density at radius 2 is 1.83 bits per heavy atom. The van der Waals surface area contributed by atoms with Crippen LogP contribution in [-0.2, 0) is 14.8 Å². The number of fused-ring (bicyclic) bond motifs is 5. The normalized spacial score (nSPS) is 31.0. The van der Waals surface area contributed by atoms with Crippen molar-refractivity contribution < 1.29 is 17.9 Å². The van der Waals surface area contributed by atoms with E-state index in [-0.39, 0.29) is 18.2 Å². The van der Waals surface area contributed by atoms with Gasteiger partial charge in [0, 0.05) is 18.6 Å². The molecule has 168 valence electrons. The molecule has 1 aromatic rings. The van der Waals surface area contributed by atoms with Gasteiger partial charge in [-0.1, -0.05) is 18.2 Å². The number of piperidine rings is 1. The van der Waals surface area contributed by atoms with Gasteiger partial charge in [-0.2, -0.15) is 0 Å². The maximum atomic E-state index is 12.6. The first-order chi connectivity index (χ1) is 14.4. The van der Waals surface area contributed by atoms with Gasteiger partial charge in [-0.15, -0.1) is 0 Å². The molecule has 3 heterocycles. The Morgan fingerprint density at radius 1 is 1.07 bits per heavy atom. The zero-order valence-corrected chi connectivity index (χ0v) is 19.1. The number of ether oxygens (including phenoxy) is 2. The lowest BCUT2D eigenvalue weighted by Crippen LogP contribution is -2.58. The summed E-state index contributed by atoms with van der Waals surface area (Å²) in [5, 5.41) is -0.432. The van der Waals surface area contributed by atoms with E-state index >= 15 is 0 Å². The summed E-state index contributed by atoms with van der Waals surface area (Å²) in [6, 6.07) is 8.39. The highest BCUT2D eigenvalue weighted by Crippen LogP contribution is 2.38. The Kier molecular flexibility index (Phi) is 7.02. The second-order valence-corrected chi connectivity index (χ2v) is 11.5. The monoisotopic (exact) mass is 436 g/mol. The first-order valence-corrected chi connectivity index (χ1v) is 13.1. The number of para-hydroxylation sites is 1. The van der Waals surface area contributed by atoms with Crippen LogP contribution in [0, 0.1) is 0 Å². The van der Waals surface area contributed by atoms with Crippen molar-refractivity contribution in [2.24, 2.45) is 0 Å². The third kappa shape index (κ3) is 5.01. The van der Waals surface area contributed by atoms with E-state index < -0.39 is 15.3 Å². The maximum absolute atomic E-state index is 12.6. The van der Waals surface area contributed by atoms with Crippen molar-refractivity contribution >= 4 is 10.0 Å². The molecule has 2 atom stereocenters. The quantitative estimate of drug-likeness (QED) is 0.788. The first-order valence-electron chi connectivity index (χ1n) is 11.5. The fourth-order valence-corrected chi connectivity index (χ4v) is 6.08. The van der Waals surface area contributed by atoms with Crippen LogP contribution in [0.3, 0.4) is 0 Å². The minimum atomic E-state index is -3.32. The second kappa shape index (κ2) is 9.55. The summed E-state index contributed by atoms with van der Waals surface area (Å²) in [5.74, 6) is 1.54. The van der Waals surface area contributed by atoms with Crippen molar-refractivity contribution in [3.63, 3.8) is 0 Å². The first kappa shape index (κ1) is 22.1. The summed E-state index contributed by atoms with van der Waals surface area (Å²) in [6.07, 6.45) is 6.42. The van der Waals surface area contributed by atoms with Gasteiger partial charge >= 0.3 is 0 Å². The Balaban J connectivity index is 1.54. The number of hydrogen-bond acceptors (Lipinski definition) is 5. The van der Waals surface area contributed by atoms with Gasteiger partial charge in [0.2, 0.25) is 10.0 Å².